The fourth-order valence-electron chi connectivity index (χ4n) is 2.78. The zero-order valence-electron chi connectivity index (χ0n) is 12.5. The van der Waals surface area contributed by atoms with Gasteiger partial charge in [0.2, 0.25) is 5.91 Å². The molecule has 0 aliphatic carbocycles. The molecule has 2 rings (SSSR count). The number of rotatable bonds is 5. The highest BCUT2D eigenvalue weighted by Crippen LogP contribution is 2.18. The van der Waals surface area contributed by atoms with Gasteiger partial charge in [-0.1, -0.05) is 6.92 Å². The van der Waals surface area contributed by atoms with Crippen LogP contribution in [0.4, 0.5) is 4.79 Å². The van der Waals surface area contributed by atoms with Gasteiger partial charge in [0.15, 0.2) is 0 Å². The Kier molecular flexibility index (Phi) is 5.23. The predicted octanol–water partition coefficient (Wildman–Crippen LogP) is 0.391. The minimum atomic E-state index is 0.0493. The van der Waals surface area contributed by atoms with Crippen LogP contribution in [0.5, 0.6) is 0 Å². The maximum atomic E-state index is 12.1. The molecule has 0 radical (unpaired) electrons. The summed E-state index contributed by atoms with van der Waals surface area (Å²) in [7, 11) is 0. The lowest BCUT2D eigenvalue weighted by Gasteiger charge is -2.36. The van der Waals surface area contributed by atoms with E-state index in [1.165, 1.54) is 0 Å². The van der Waals surface area contributed by atoms with Crippen LogP contribution in [0.1, 0.15) is 33.1 Å². The molecule has 2 heterocycles. The van der Waals surface area contributed by atoms with Gasteiger partial charge in [-0.25, -0.2) is 4.79 Å². The van der Waals surface area contributed by atoms with Crippen LogP contribution in [0, 0.1) is 0 Å². The summed E-state index contributed by atoms with van der Waals surface area (Å²) >= 11 is 0. The number of carbonyl (C=O) groups is 2. The standard InChI is InChI=1S/C14H26N4O2/c1-3-11(2)16-10-13(19)17-7-4-12(5-8-17)18-9-6-15-14(18)20/h11-12,16H,3-10H2,1-2H3,(H,15,20). The molecule has 0 bridgehead atoms. The number of nitrogens with one attached hydrogen (secondary N) is 2. The van der Waals surface area contributed by atoms with Gasteiger partial charge >= 0.3 is 6.03 Å². The lowest BCUT2D eigenvalue weighted by atomic mass is 10.0. The Balaban J connectivity index is 1.73. The van der Waals surface area contributed by atoms with E-state index in [-0.39, 0.29) is 11.9 Å². The number of likely N-dealkylation sites (tertiary alicyclic amines) is 1. The molecule has 6 heteroatoms. The largest absolute Gasteiger partial charge is 0.341 e. The Bertz CT molecular complexity index is 353. The monoisotopic (exact) mass is 282 g/mol. The van der Waals surface area contributed by atoms with Crippen LogP contribution in [0.3, 0.4) is 0 Å². The molecule has 2 saturated heterocycles. The van der Waals surface area contributed by atoms with Crippen LogP contribution in [-0.2, 0) is 4.79 Å². The molecule has 1 unspecified atom stereocenters. The smallest absolute Gasteiger partial charge is 0.317 e. The van der Waals surface area contributed by atoms with Gasteiger partial charge in [0, 0.05) is 38.3 Å². The van der Waals surface area contributed by atoms with Gasteiger partial charge in [-0.05, 0) is 26.2 Å². The first kappa shape index (κ1) is 15.1. The van der Waals surface area contributed by atoms with Gasteiger partial charge < -0.3 is 20.4 Å². The van der Waals surface area contributed by atoms with E-state index in [0.29, 0.717) is 18.6 Å². The lowest BCUT2D eigenvalue weighted by molar-refractivity contribution is -0.131. The predicted molar refractivity (Wildman–Crippen MR) is 77.5 cm³/mol. The Labute approximate surface area is 120 Å². The molecule has 2 N–H and O–H groups in total. The van der Waals surface area contributed by atoms with E-state index in [4.69, 9.17) is 0 Å². The zero-order chi connectivity index (χ0) is 14.5. The Morgan fingerprint density at radius 2 is 2.10 bits per heavy atom. The average Bonchev–Trinajstić information content (AvgIpc) is 2.90. The van der Waals surface area contributed by atoms with Gasteiger partial charge in [-0.3, -0.25) is 4.79 Å². The van der Waals surface area contributed by atoms with Crippen molar-refractivity contribution in [1.82, 2.24) is 20.4 Å². The third-order valence-electron chi connectivity index (χ3n) is 4.36. The van der Waals surface area contributed by atoms with Crippen molar-refractivity contribution in [2.75, 3.05) is 32.7 Å². The second-order valence-corrected chi connectivity index (χ2v) is 5.73. The summed E-state index contributed by atoms with van der Waals surface area (Å²) in [5, 5.41) is 6.07. The number of nitrogens with zero attached hydrogens (tertiary/aromatic N) is 2. The van der Waals surface area contributed by atoms with Crippen LogP contribution in [-0.4, -0.2) is 66.5 Å². The molecular formula is C14H26N4O2. The fourth-order valence-corrected chi connectivity index (χ4v) is 2.78. The second-order valence-electron chi connectivity index (χ2n) is 5.73. The van der Waals surface area contributed by atoms with E-state index in [1.807, 2.05) is 9.80 Å². The lowest BCUT2D eigenvalue weighted by Crippen LogP contribution is -2.49. The van der Waals surface area contributed by atoms with Crippen molar-refractivity contribution in [3.8, 4) is 0 Å². The minimum Gasteiger partial charge on any atom is -0.341 e. The van der Waals surface area contributed by atoms with Gasteiger partial charge in [0.05, 0.1) is 6.54 Å². The molecule has 0 aromatic rings. The molecule has 2 aliphatic heterocycles. The number of hydrogen-bond donors (Lipinski definition) is 2. The Morgan fingerprint density at radius 3 is 2.65 bits per heavy atom. The molecule has 3 amide bonds. The Morgan fingerprint density at radius 1 is 1.40 bits per heavy atom. The Hall–Kier alpha value is -1.30. The van der Waals surface area contributed by atoms with Crippen molar-refractivity contribution < 1.29 is 9.59 Å². The first-order valence-corrected chi connectivity index (χ1v) is 7.67. The van der Waals surface area contributed by atoms with Crippen molar-refractivity contribution in [3.05, 3.63) is 0 Å². The van der Waals surface area contributed by atoms with E-state index in [2.05, 4.69) is 24.5 Å². The van der Waals surface area contributed by atoms with Gasteiger partial charge in [-0.2, -0.15) is 0 Å². The van der Waals surface area contributed by atoms with Crippen molar-refractivity contribution >= 4 is 11.9 Å². The van der Waals surface area contributed by atoms with E-state index in [9.17, 15) is 9.59 Å². The van der Waals surface area contributed by atoms with Crippen molar-refractivity contribution in [1.29, 1.82) is 0 Å². The SMILES string of the molecule is CCC(C)NCC(=O)N1CCC(N2CCNC2=O)CC1. The average molecular weight is 282 g/mol. The van der Waals surface area contributed by atoms with Gasteiger partial charge in [0.1, 0.15) is 0 Å². The van der Waals surface area contributed by atoms with E-state index >= 15 is 0 Å². The summed E-state index contributed by atoms with van der Waals surface area (Å²) in [6.45, 7) is 7.68. The third kappa shape index (κ3) is 3.62. The molecule has 20 heavy (non-hydrogen) atoms. The van der Waals surface area contributed by atoms with E-state index < -0.39 is 0 Å². The topological polar surface area (TPSA) is 64.7 Å². The maximum absolute atomic E-state index is 12.1. The maximum Gasteiger partial charge on any atom is 0.317 e. The number of urea groups is 1. The van der Waals surface area contributed by atoms with Crippen LogP contribution in [0.25, 0.3) is 0 Å². The van der Waals surface area contributed by atoms with Crippen LogP contribution in [0.2, 0.25) is 0 Å². The van der Waals surface area contributed by atoms with Crippen LogP contribution >= 0.6 is 0 Å². The summed E-state index contributed by atoms with van der Waals surface area (Å²) in [6.07, 6.45) is 2.81. The second kappa shape index (κ2) is 6.92. The van der Waals surface area contributed by atoms with Crippen molar-refractivity contribution in [2.45, 2.75) is 45.2 Å². The molecule has 0 aromatic heterocycles. The minimum absolute atomic E-state index is 0.0493. The van der Waals surface area contributed by atoms with Crippen LogP contribution < -0.4 is 10.6 Å². The van der Waals surface area contributed by atoms with Gasteiger partial charge in [-0.15, -0.1) is 0 Å². The number of hydrogen-bond acceptors (Lipinski definition) is 3. The molecule has 1 atom stereocenters. The highest BCUT2D eigenvalue weighted by molar-refractivity contribution is 5.78. The van der Waals surface area contributed by atoms with Crippen molar-refractivity contribution in [3.63, 3.8) is 0 Å². The molecule has 0 aromatic carbocycles. The third-order valence-corrected chi connectivity index (χ3v) is 4.36. The normalized spacial score (nSPS) is 22.0. The highest BCUT2D eigenvalue weighted by Gasteiger charge is 2.31. The highest BCUT2D eigenvalue weighted by atomic mass is 16.2. The summed E-state index contributed by atoms with van der Waals surface area (Å²) in [6, 6.07) is 0.724. The number of amides is 3. The molecule has 6 nitrogen and oxygen atoms in total. The number of piperidine rings is 1. The summed E-state index contributed by atoms with van der Waals surface area (Å²) in [4.78, 5) is 27.5. The van der Waals surface area contributed by atoms with E-state index in [0.717, 1.165) is 45.4 Å². The first-order valence-electron chi connectivity index (χ1n) is 7.67. The summed E-state index contributed by atoms with van der Waals surface area (Å²) < 4.78 is 0. The molecular weight excluding hydrogens is 256 g/mol. The molecule has 0 spiro atoms. The fraction of sp³-hybridized carbons (Fsp3) is 0.857. The van der Waals surface area contributed by atoms with E-state index in [1.54, 1.807) is 0 Å². The molecule has 0 saturated carbocycles. The van der Waals surface area contributed by atoms with Gasteiger partial charge in [0.25, 0.3) is 0 Å². The zero-order valence-corrected chi connectivity index (χ0v) is 12.5. The molecule has 2 aliphatic rings. The molecule has 114 valence electrons. The quantitative estimate of drug-likeness (QED) is 0.767. The van der Waals surface area contributed by atoms with Crippen LogP contribution in [0.15, 0.2) is 0 Å². The summed E-state index contributed by atoms with van der Waals surface area (Å²) in [5.41, 5.74) is 0. The van der Waals surface area contributed by atoms with Crippen molar-refractivity contribution in [2.24, 2.45) is 0 Å². The molecule has 2 fully saturated rings. The summed E-state index contributed by atoms with van der Waals surface area (Å²) in [5.74, 6) is 0.176. The number of carbonyl (C=O) groups excluding carboxylic acids is 2. The first-order chi connectivity index (χ1) is 9.61.